The van der Waals surface area contributed by atoms with Crippen LogP contribution in [0.1, 0.15) is 31.9 Å². The Morgan fingerprint density at radius 3 is 3.04 bits per heavy atom. The summed E-state index contributed by atoms with van der Waals surface area (Å²) in [5.41, 5.74) is 3.07. The van der Waals surface area contributed by atoms with Gasteiger partial charge in [-0.1, -0.05) is 19.4 Å². The third-order valence-electron chi connectivity index (χ3n) is 4.97. The van der Waals surface area contributed by atoms with Crippen LogP contribution < -0.4 is 10.2 Å². The molecule has 0 unspecified atom stereocenters. The molecule has 3 heterocycles. The average Bonchev–Trinajstić information content (AvgIpc) is 3.30. The number of benzene rings is 1. The number of hydrogen-bond acceptors (Lipinski definition) is 5. The lowest BCUT2D eigenvalue weighted by molar-refractivity contribution is 0.266. The van der Waals surface area contributed by atoms with Crippen molar-refractivity contribution in [3.05, 3.63) is 42.2 Å². The monoisotopic (exact) mass is 351 g/mol. The minimum atomic E-state index is 0.155. The summed E-state index contributed by atoms with van der Waals surface area (Å²) < 4.78 is 0. The van der Waals surface area contributed by atoms with E-state index in [1.54, 1.807) is 0 Å². The average molecular weight is 351 g/mol. The Morgan fingerprint density at radius 1 is 1.27 bits per heavy atom. The fourth-order valence-corrected chi connectivity index (χ4v) is 3.65. The second-order valence-electron chi connectivity index (χ2n) is 6.87. The molecule has 26 heavy (non-hydrogen) atoms. The van der Waals surface area contributed by atoms with Crippen molar-refractivity contribution in [3.63, 3.8) is 0 Å². The van der Waals surface area contributed by atoms with Gasteiger partial charge in [-0.25, -0.2) is 4.98 Å². The van der Waals surface area contributed by atoms with Crippen LogP contribution >= 0.6 is 0 Å². The number of nitrogens with one attached hydrogen (secondary N) is 2. The lowest BCUT2D eigenvalue weighted by atomic mass is 10.2. The van der Waals surface area contributed by atoms with Crippen molar-refractivity contribution < 1.29 is 5.11 Å². The Bertz CT molecular complexity index is 891. The number of aromatic amines is 1. The van der Waals surface area contributed by atoms with Crippen molar-refractivity contribution in [1.82, 2.24) is 15.0 Å². The van der Waals surface area contributed by atoms with E-state index in [-0.39, 0.29) is 12.6 Å². The number of rotatable bonds is 6. The third-order valence-corrected chi connectivity index (χ3v) is 4.97. The van der Waals surface area contributed by atoms with E-state index in [1.807, 2.05) is 12.3 Å². The number of aryl methyl sites for hydroxylation is 1. The zero-order valence-electron chi connectivity index (χ0n) is 15.1. The Morgan fingerprint density at radius 2 is 2.19 bits per heavy atom. The summed E-state index contributed by atoms with van der Waals surface area (Å²) in [5, 5.41) is 14.2. The van der Waals surface area contributed by atoms with Gasteiger partial charge in [0.1, 0.15) is 5.82 Å². The quantitative estimate of drug-likeness (QED) is 0.632. The molecular weight excluding hydrogens is 326 g/mol. The molecule has 0 aliphatic carbocycles. The maximum atomic E-state index is 9.65. The van der Waals surface area contributed by atoms with E-state index in [2.05, 4.69) is 51.4 Å². The van der Waals surface area contributed by atoms with E-state index in [1.165, 1.54) is 5.39 Å². The topological polar surface area (TPSA) is 77.1 Å². The molecule has 0 amide bonds. The molecule has 0 spiro atoms. The molecule has 1 aliphatic rings. The molecule has 4 rings (SSSR count). The van der Waals surface area contributed by atoms with E-state index >= 15 is 0 Å². The number of hydrogen-bond donors (Lipinski definition) is 3. The van der Waals surface area contributed by atoms with Crippen LogP contribution in [0.15, 0.2) is 36.5 Å². The summed E-state index contributed by atoms with van der Waals surface area (Å²) in [5.74, 6) is 1.52. The number of H-pyrrole nitrogens is 1. The first-order valence-electron chi connectivity index (χ1n) is 9.36. The highest BCUT2D eigenvalue weighted by Crippen LogP contribution is 2.27. The summed E-state index contributed by atoms with van der Waals surface area (Å²) in [6.07, 6.45) is 5.99. The number of aliphatic hydroxyl groups is 1. The SMILES string of the molecule is CCCc1cc(N2CCC[C@@H]2CO)nc(Nc2ccc3cc[nH]c3c2)n1. The van der Waals surface area contributed by atoms with E-state index in [9.17, 15) is 5.11 Å². The summed E-state index contributed by atoms with van der Waals surface area (Å²) in [7, 11) is 0. The van der Waals surface area contributed by atoms with Crippen molar-refractivity contribution in [2.75, 3.05) is 23.4 Å². The molecule has 0 bridgehead atoms. The molecule has 3 aromatic rings. The van der Waals surface area contributed by atoms with Gasteiger partial charge in [-0.3, -0.25) is 0 Å². The van der Waals surface area contributed by atoms with Crippen LogP contribution in [0, 0.1) is 0 Å². The van der Waals surface area contributed by atoms with E-state index < -0.39 is 0 Å². The Labute approximate surface area is 153 Å². The number of aliphatic hydroxyl groups excluding tert-OH is 1. The molecule has 1 aromatic carbocycles. The molecular formula is C20H25N5O. The van der Waals surface area contributed by atoms with Gasteiger partial charge < -0.3 is 20.3 Å². The number of aromatic nitrogens is 3. The second kappa shape index (κ2) is 7.33. The number of fused-ring (bicyclic) bond motifs is 1. The third kappa shape index (κ3) is 3.37. The standard InChI is InChI=1S/C20H25N5O/c1-2-4-15-12-19(25-10-3-5-17(25)13-26)24-20(22-15)23-16-7-6-14-8-9-21-18(14)11-16/h6-9,11-12,17,21,26H,2-5,10,13H2,1H3,(H,22,23,24)/t17-/m1/s1. The summed E-state index contributed by atoms with van der Waals surface area (Å²) in [6, 6.07) is 10.5. The molecule has 2 aromatic heterocycles. The van der Waals surface area contributed by atoms with E-state index in [0.29, 0.717) is 5.95 Å². The fourth-order valence-electron chi connectivity index (χ4n) is 3.65. The van der Waals surface area contributed by atoms with Gasteiger partial charge in [-0.05, 0) is 42.8 Å². The van der Waals surface area contributed by atoms with Crippen LogP contribution in [0.4, 0.5) is 17.5 Å². The maximum absolute atomic E-state index is 9.65. The second-order valence-corrected chi connectivity index (χ2v) is 6.87. The highest BCUT2D eigenvalue weighted by atomic mass is 16.3. The van der Waals surface area contributed by atoms with E-state index in [4.69, 9.17) is 4.98 Å². The van der Waals surface area contributed by atoms with Crippen LogP contribution in [0.3, 0.4) is 0 Å². The van der Waals surface area contributed by atoms with Crippen LogP contribution in [0.25, 0.3) is 10.9 Å². The lowest BCUT2D eigenvalue weighted by Gasteiger charge is -2.25. The Hall–Kier alpha value is -2.60. The molecule has 1 aliphatic heterocycles. The normalized spacial score (nSPS) is 17.2. The first kappa shape index (κ1) is 16.8. The molecule has 0 saturated carbocycles. The highest BCUT2D eigenvalue weighted by molar-refractivity contribution is 5.83. The molecule has 136 valence electrons. The smallest absolute Gasteiger partial charge is 0.229 e. The van der Waals surface area contributed by atoms with E-state index in [0.717, 1.165) is 54.9 Å². The van der Waals surface area contributed by atoms with Gasteiger partial charge in [-0.2, -0.15) is 4.98 Å². The Kier molecular flexibility index (Phi) is 4.75. The van der Waals surface area contributed by atoms with Crippen LogP contribution in [0.2, 0.25) is 0 Å². The first-order valence-corrected chi connectivity index (χ1v) is 9.36. The number of nitrogens with zero attached hydrogens (tertiary/aromatic N) is 3. The van der Waals surface area contributed by atoms with Gasteiger partial charge in [0.15, 0.2) is 0 Å². The molecule has 0 radical (unpaired) electrons. The predicted octanol–water partition coefficient (Wildman–Crippen LogP) is 3.62. The Balaban J connectivity index is 1.65. The van der Waals surface area contributed by atoms with Gasteiger partial charge in [0.25, 0.3) is 0 Å². The van der Waals surface area contributed by atoms with Gasteiger partial charge in [-0.15, -0.1) is 0 Å². The van der Waals surface area contributed by atoms with Crippen LogP contribution in [0.5, 0.6) is 0 Å². The molecule has 6 heteroatoms. The van der Waals surface area contributed by atoms with Crippen molar-refractivity contribution in [2.24, 2.45) is 0 Å². The fraction of sp³-hybridized carbons (Fsp3) is 0.400. The largest absolute Gasteiger partial charge is 0.394 e. The number of anilines is 3. The van der Waals surface area contributed by atoms with Gasteiger partial charge >= 0.3 is 0 Å². The summed E-state index contributed by atoms with van der Waals surface area (Å²) in [4.78, 5) is 14.9. The molecule has 1 fully saturated rings. The summed E-state index contributed by atoms with van der Waals surface area (Å²) >= 11 is 0. The highest BCUT2D eigenvalue weighted by Gasteiger charge is 2.25. The van der Waals surface area contributed by atoms with Gasteiger partial charge in [0.05, 0.1) is 12.6 Å². The van der Waals surface area contributed by atoms with Crippen molar-refractivity contribution >= 4 is 28.4 Å². The zero-order chi connectivity index (χ0) is 17.9. The minimum absolute atomic E-state index is 0.155. The maximum Gasteiger partial charge on any atom is 0.229 e. The predicted molar refractivity (Wildman–Crippen MR) is 105 cm³/mol. The van der Waals surface area contributed by atoms with Crippen molar-refractivity contribution in [1.29, 1.82) is 0 Å². The van der Waals surface area contributed by atoms with Crippen LogP contribution in [-0.2, 0) is 6.42 Å². The van der Waals surface area contributed by atoms with Gasteiger partial charge in [0, 0.05) is 35.7 Å². The lowest BCUT2D eigenvalue weighted by Crippen LogP contribution is -2.33. The van der Waals surface area contributed by atoms with Gasteiger partial charge in [0.2, 0.25) is 5.95 Å². The van der Waals surface area contributed by atoms with Crippen molar-refractivity contribution in [2.45, 2.75) is 38.6 Å². The molecule has 1 atom stereocenters. The minimum Gasteiger partial charge on any atom is -0.394 e. The first-order chi connectivity index (χ1) is 12.8. The van der Waals surface area contributed by atoms with Crippen LogP contribution in [-0.4, -0.2) is 39.3 Å². The zero-order valence-corrected chi connectivity index (χ0v) is 15.1. The molecule has 1 saturated heterocycles. The molecule has 6 nitrogen and oxygen atoms in total. The summed E-state index contributed by atoms with van der Waals surface area (Å²) in [6.45, 7) is 3.25. The van der Waals surface area contributed by atoms with Crippen molar-refractivity contribution in [3.8, 4) is 0 Å². The molecule has 3 N–H and O–H groups in total.